The van der Waals surface area contributed by atoms with Gasteiger partial charge in [0.05, 0.1) is 24.5 Å². The van der Waals surface area contributed by atoms with Crippen molar-refractivity contribution in [2.75, 3.05) is 23.1 Å². The average Bonchev–Trinajstić information content (AvgIpc) is 3.10. The molecule has 3 aromatic carbocycles. The van der Waals surface area contributed by atoms with Gasteiger partial charge in [-0.15, -0.1) is 6.58 Å². The van der Waals surface area contributed by atoms with Crippen LogP contribution in [-0.4, -0.2) is 41.9 Å². The molecule has 0 fully saturated rings. The molecule has 4 N–H and O–H groups in total. The number of hydrogen-bond donors (Lipinski definition) is 4. The molecule has 1 aromatic heterocycles. The second-order valence-corrected chi connectivity index (χ2v) is 12.1. The second kappa shape index (κ2) is 16.9. The van der Waals surface area contributed by atoms with Gasteiger partial charge in [0.1, 0.15) is 11.1 Å². The Balaban J connectivity index is 0.000000230. The van der Waals surface area contributed by atoms with Crippen LogP contribution in [0.15, 0.2) is 106 Å². The fraction of sp³-hybridized carbons (Fsp3) is 0.231. The molecule has 0 radical (unpaired) electrons. The van der Waals surface area contributed by atoms with Gasteiger partial charge in [-0.05, 0) is 93.3 Å². The number of nitrogens with one attached hydrogen (secondary N) is 3. The predicted octanol–water partition coefficient (Wildman–Crippen LogP) is 6.59. The molecule has 264 valence electrons. The van der Waals surface area contributed by atoms with Crippen molar-refractivity contribution >= 4 is 57.7 Å². The summed E-state index contributed by atoms with van der Waals surface area (Å²) in [5, 5.41) is 18.1. The van der Waals surface area contributed by atoms with Crippen LogP contribution in [0.3, 0.4) is 0 Å². The molecule has 12 nitrogen and oxygen atoms in total. The van der Waals surface area contributed by atoms with Gasteiger partial charge >= 0.3 is 17.6 Å². The highest BCUT2D eigenvalue weighted by Crippen LogP contribution is 2.35. The first-order chi connectivity index (χ1) is 24.3. The number of methoxy groups -OCH3 is 1. The SMILES string of the molecule is C=CCc1cccc2cc(C(=O)Nc3ccc(NC(C)=O)cc3)c(=O)oc12.COC(=O)c1ccc(NC(=O)C2CC(C)=C(C)CC2C(=O)O)cc1. The summed E-state index contributed by atoms with van der Waals surface area (Å²) in [5.74, 6) is -3.80. The minimum atomic E-state index is -0.956. The zero-order valence-electron chi connectivity index (χ0n) is 28.7. The first-order valence-electron chi connectivity index (χ1n) is 16.0. The smallest absolute Gasteiger partial charge is 0.349 e. The normalized spacial score (nSPS) is 15.1. The number of carbonyl (C=O) groups is 5. The number of carboxylic acids is 1. The van der Waals surface area contributed by atoms with Crippen molar-refractivity contribution in [3.05, 3.63) is 124 Å². The van der Waals surface area contributed by atoms with Crippen molar-refractivity contribution in [1.82, 2.24) is 0 Å². The zero-order chi connectivity index (χ0) is 37.2. The van der Waals surface area contributed by atoms with Crippen molar-refractivity contribution < 1.29 is 38.2 Å². The summed E-state index contributed by atoms with van der Waals surface area (Å²) < 4.78 is 10.0. The van der Waals surface area contributed by atoms with Gasteiger partial charge in [0, 0.05) is 29.4 Å². The standard InChI is InChI=1S/C21H18N2O4.C18H21NO5/c1-3-5-14-6-4-7-15-12-18(21(26)27-19(14)15)20(25)23-17-10-8-16(9-11-17)22-13(2)24;1-10-8-14(15(17(21)22)9-11(10)2)16(20)19-13-6-4-12(5-7-13)18(23)24-3/h3-4,6-12H,1,5H2,2H3,(H,22,24)(H,23,25);4-7,14-15H,8-9H2,1-3H3,(H,19,20)(H,21,22). The van der Waals surface area contributed by atoms with E-state index in [1.165, 1.54) is 20.1 Å². The predicted molar refractivity (Wildman–Crippen MR) is 194 cm³/mol. The molecule has 1 aliphatic rings. The van der Waals surface area contributed by atoms with E-state index >= 15 is 0 Å². The molecule has 2 unspecified atom stereocenters. The van der Waals surface area contributed by atoms with Crippen molar-refractivity contribution in [3.63, 3.8) is 0 Å². The number of ether oxygens (including phenoxy) is 1. The van der Waals surface area contributed by atoms with Crippen LogP contribution in [0.1, 0.15) is 59.9 Å². The highest BCUT2D eigenvalue weighted by Gasteiger charge is 2.37. The van der Waals surface area contributed by atoms with E-state index in [9.17, 15) is 33.9 Å². The molecule has 1 heterocycles. The van der Waals surface area contributed by atoms with Crippen molar-refractivity contribution in [1.29, 1.82) is 0 Å². The Kier molecular flexibility index (Phi) is 12.4. The largest absolute Gasteiger partial charge is 0.481 e. The van der Waals surface area contributed by atoms with Gasteiger partial charge in [0.2, 0.25) is 11.8 Å². The van der Waals surface area contributed by atoms with Crippen LogP contribution in [0.25, 0.3) is 11.0 Å². The first-order valence-corrected chi connectivity index (χ1v) is 16.0. The monoisotopic (exact) mass is 693 g/mol. The van der Waals surface area contributed by atoms with Crippen LogP contribution in [-0.2, 0) is 25.5 Å². The maximum atomic E-state index is 12.5. The van der Waals surface area contributed by atoms with Gasteiger partial charge in [-0.2, -0.15) is 0 Å². The van der Waals surface area contributed by atoms with E-state index in [1.807, 2.05) is 26.0 Å². The summed E-state index contributed by atoms with van der Waals surface area (Å²) in [6, 6.07) is 19.8. The van der Waals surface area contributed by atoms with Gasteiger partial charge in [-0.3, -0.25) is 19.2 Å². The van der Waals surface area contributed by atoms with Gasteiger partial charge < -0.3 is 30.2 Å². The van der Waals surface area contributed by atoms with Crippen molar-refractivity contribution in [2.24, 2.45) is 11.8 Å². The molecule has 0 bridgehead atoms. The van der Waals surface area contributed by atoms with Gasteiger partial charge in [0.15, 0.2) is 0 Å². The number of para-hydroxylation sites is 1. The third-order valence-corrected chi connectivity index (χ3v) is 8.41. The molecule has 3 amide bonds. The number of rotatable bonds is 9. The molecule has 4 aromatic rings. The number of amides is 3. The molecular formula is C39H39N3O9. The first kappa shape index (κ1) is 37.5. The minimum absolute atomic E-state index is 0.0795. The molecule has 51 heavy (non-hydrogen) atoms. The van der Waals surface area contributed by atoms with Crippen LogP contribution >= 0.6 is 0 Å². The number of allylic oxidation sites excluding steroid dienone is 3. The van der Waals surface area contributed by atoms with Crippen molar-refractivity contribution in [2.45, 2.75) is 40.0 Å². The topological polar surface area (TPSA) is 181 Å². The van der Waals surface area contributed by atoms with Crippen LogP contribution in [0.5, 0.6) is 0 Å². The Bertz CT molecular complexity index is 2060. The van der Waals surface area contributed by atoms with Gasteiger partial charge in [-0.1, -0.05) is 35.4 Å². The Morgan fingerprint density at radius 3 is 2.00 bits per heavy atom. The summed E-state index contributed by atoms with van der Waals surface area (Å²) >= 11 is 0. The number of esters is 1. The van der Waals surface area contributed by atoms with E-state index in [0.29, 0.717) is 52.9 Å². The van der Waals surface area contributed by atoms with E-state index in [0.717, 1.165) is 16.7 Å². The number of fused-ring (bicyclic) bond motifs is 1. The second-order valence-electron chi connectivity index (χ2n) is 12.1. The van der Waals surface area contributed by atoms with Gasteiger partial charge in [-0.25, -0.2) is 9.59 Å². The molecule has 2 atom stereocenters. The summed E-state index contributed by atoms with van der Waals surface area (Å²) in [4.78, 5) is 71.2. The highest BCUT2D eigenvalue weighted by atomic mass is 16.5. The lowest BCUT2D eigenvalue weighted by Crippen LogP contribution is -2.36. The fourth-order valence-electron chi connectivity index (χ4n) is 5.59. The Morgan fingerprint density at radius 1 is 0.863 bits per heavy atom. The molecule has 0 saturated heterocycles. The number of carboxylic acid groups (broad SMARTS) is 1. The number of hydrogen-bond acceptors (Lipinski definition) is 8. The van der Waals surface area contributed by atoms with E-state index in [-0.39, 0.29) is 17.4 Å². The third kappa shape index (κ3) is 9.66. The zero-order valence-corrected chi connectivity index (χ0v) is 28.7. The highest BCUT2D eigenvalue weighted by molar-refractivity contribution is 6.05. The average molecular weight is 694 g/mol. The molecular weight excluding hydrogens is 654 g/mol. The number of aliphatic carboxylic acids is 1. The lowest BCUT2D eigenvalue weighted by molar-refractivity contribution is -0.146. The molecule has 0 saturated carbocycles. The summed E-state index contributed by atoms with van der Waals surface area (Å²) in [6.07, 6.45) is 3.11. The van der Waals surface area contributed by atoms with Crippen molar-refractivity contribution in [3.8, 4) is 0 Å². The Hall–Kier alpha value is -6.30. The van der Waals surface area contributed by atoms with E-state index < -0.39 is 35.3 Å². The van der Waals surface area contributed by atoms with E-state index in [1.54, 1.807) is 60.7 Å². The summed E-state index contributed by atoms with van der Waals surface area (Å²) in [6.45, 7) is 8.94. The minimum Gasteiger partial charge on any atom is -0.481 e. The maximum Gasteiger partial charge on any atom is 0.349 e. The number of carbonyl (C=O) groups excluding carboxylic acids is 4. The summed E-state index contributed by atoms with van der Waals surface area (Å²) in [5.41, 5.74) is 4.61. The molecule has 0 aliphatic heterocycles. The van der Waals surface area contributed by atoms with Crippen LogP contribution in [0.2, 0.25) is 0 Å². The number of anilines is 3. The van der Waals surface area contributed by atoms with Crippen LogP contribution in [0.4, 0.5) is 17.1 Å². The van der Waals surface area contributed by atoms with Crippen LogP contribution in [0, 0.1) is 11.8 Å². The molecule has 5 rings (SSSR count). The van der Waals surface area contributed by atoms with E-state index in [4.69, 9.17) is 4.42 Å². The molecule has 1 aliphatic carbocycles. The third-order valence-electron chi connectivity index (χ3n) is 8.41. The molecule has 0 spiro atoms. The van der Waals surface area contributed by atoms with Gasteiger partial charge in [0.25, 0.3) is 5.91 Å². The van der Waals surface area contributed by atoms with Crippen LogP contribution < -0.4 is 21.6 Å². The number of benzene rings is 3. The summed E-state index contributed by atoms with van der Waals surface area (Å²) in [7, 11) is 1.30. The van der Waals surface area contributed by atoms with E-state index in [2.05, 4.69) is 27.3 Å². The lowest BCUT2D eigenvalue weighted by Gasteiger charge is -2.29. The maximum absolute atomic E-state index is 12.5. The fourth-order valence-corrected chi connectivity index (χ4v) is 5.59. The Labute approximate surface area is 294 Å². The quantitative estimate of drug-likeness (QED) is 0.0854. The lowest BCUT2D eigenvalue weighted by atomic mass is 9.76. The Morgan fingerprint density at radius 2 is 1.43 bits per heavy atom. The molecule has 12 heteroatoms.